The lowest BCUT2D eigenvalue weighted by Crippen LogP contribution is -2.57. The molecule has 1 fully saturated rings. The molecule has 0 saturated carbocycles. The van der Waals surface area contributed by atoms with E-state index < -0.39 is 0 Å². The van der Waals surface area contributed by atoms with Crippen LogP contribution in [0, 0.1) is 0 Å². The molecule has 1 saturated heterocycles. The zero-order chi connectivity index (χ0) is 12.6. The number of hydrogen-bond acceptors (Lipinski definition) is 3. The van der Waals surface area contributed by atoms with Crippen LogP contribution in [0.25, 0.3) is 10.9 Å². The smallest absolute Gasteiger partial charge is 0.0722 e. The van der Waals surface area contributed by atoms with Crippen LogP contribution in [-0.4, -0.2) is 30.2 Å². The van der Waals surface area contributed by atoms with E-state index in [2.05, 4.69) is 53.3 Å². The SMILES string of the molecule is CC1(C)CN(c2ccnc3ccccc23)CCN1. The molecule has 3 heteroatoms. The number of hydrogen-bond donors (Lipinski definition) is 1. The normalized spacial score (nSPS) is 19.1. The lowest BCUT2D eigenvalue weighted by atomic mass is 10.0. The Morgan fingerprint density at radius 3 is 2.89 bits per heavy atom. The topological polar surface area (TPSA) is 28.2 Å². The molecule has 1 N–H and O–H groups in total. The maximum Gasteiger partial charge on any atom is 0.0722 e. The number of rotatable bonds is 1. The van der Waals surface area contributed by atoms with Crippen LogP contribution in [0.15, 0.2) is 36.5 Å². The Morgan fingerprint density at radius 1 is 1.22 bits per heavy atom. The van der Waals surface area contributed by atoms with Gasteiger partial charge in [-0.05, 0) is 26.0 Å². The summed E-state index contributed by atoms with van der Waals surface area (Å²) in [5.41, 5.74) is 2.55. The summed E-state index contributed by atoms with van der Waals surface area (Å²) in [6, 6.07) is 10.5. The van der Waals surface area contributed by atoms with Gasteiger partial charge in [-0.15, -0.1) is 0 Å². The van der Waals surface area contributed by atoms with Gasteiger partial charge in [0.05, 0.1) is 5.52 Å². The Labute approximate surface area is 108 Å². The summed E-state index contributed by atoms with van der Waals surface area (Å²) in [5, 5.41) is 4.80. The summed E-state index contributed by atoms with van der Waals surface area (Å²) in [6.45, 7) is 7.62. The summed E-state index contributed by atoms with van der Waals surface area (Å²) >= 11 is 0. The molecule has 94 valence electrons. The highest BCUT2D eigenvalue weighted by atomic mass is 15.2. The fraction of sp³-hybridized carbons (Fsp3) is 0.400. The van der Waals surface area contributed by atoms with Crippen molar-refractivity contribution in [3.8, 4) is 0 Å². The standard InChI is InChI=1S/C15H19N3/c1-15(2)11-18(10-9-17-15)14-7-8-16-13-6-4-3-5-12(13)14/h3-8,17H,9-11H2,1-2H3. The molecule has 0 atom stereocenters. The average molecular weight is 241 g/mol. The minimum absolute atomic E-state index is 0.169. The largest absolute Gasteiger partial charge is 0.368 e. The van der Waals surface area contributed by atoms with Gasteiger partial charge in [-0.1, -0.05) is 18.2 Å². The number of anilines is 1. The van der Waals surface area contributed by atoms with E-state index in [0.29, 0.717) is 0 Å². The molecule has 0 bridgehead atoms. The first-order valence-corrected chi connectivity index (χ1v) is 6.49. The van der Waals surface area contributed by atoms with E-state index >= 15 is 0 Å². The molecule has 0 amide bonds. The van der Waals surface area contributed by atoms with Crippen molar-refractivity contribution in [1.29, 1.82) is 0 Å². The Hall–Kier alpha value is -1.61. The number of para-hydroxylation sites is 1. The second-order valence-corrected chi connectivity index (χ2v) is 5.58. The van der Waals surface area contributed by atoms with Crippen molar-refractivity contribution >= 4 is 16.6 Å². The second-order valence-electron chi connectivity index (χ2n) is 5.58. The van der Waals surface area contributed by atoms with E-state index in [-0.39, 0.29) is 5.54 Å². The minimum atomic E-state index is 0.169. The van der Waals surface area contributed by atoms with Crippen molar-refractivity contribution in [2.45, 2.75) is 19.4 Å². The number of aromatic nitrogens is 1. The molecular weight excluding hydrogens is 222 g/mol. The van der Waals surface area contributed by atoms with E-state index in [1.54, 1.807) is 0 Å². The first-order valence-electron chi connectivity index (χ1n) is 6.49. The Balaban J connectivity index is 2.04. The van der Waals surface area contributed by atoms with E-state index in [4.69, 9.17) is 0 Å². The molecule has 1 aliphatic rings. The Morgan fingerprint density at radius 2 is 2.06 bits per heavy atom. The van der Waals surface area contributed by atoms with Gasteiger partial charge in [0.25, 0.3) is 0 Å². The summed E-state index contributed by atoms with van der Waals surface area (Å²) in [7, 11) is 0. The molecule has 0 spiro atoms. The molecule has 2 heterocycles. The average Bonchev–Trinajstić information content (AvgIpc) is 2.37. The molecule has 0 radical (unpaired) electrons. The highest BCUT2D eigenvalue weighted by molar-refractivity contribution is 5.91. The van der Waals surface area contributed by atoms with E-state index in [1.807, 2.05) is 12.3 Å². The quantitative estimate of drug-likeness (QED) is 0.831. The summed E-state index contributed by atoms with van der Waals surface area (Å²) in [6.07, 6.45) is 1.91. The van der Waals surface area contributed by atoms with Crippen molar-refractivity contribution in [2.75, 3.05) is 24.5 Å². The number of fused-ring (bicyclic) bond motifs is 1. The van der Waals surface area contributed by atoms with Crippen LogP contribution >= 0.6 is 0 Å². The van der Waals surface area contributed by atoms with Gasteiger partial charge < -0.3 is 10.2 Å². The van der Waals surface area contributed by atoms with Crippen LogP contribution in [0.2, 0.25) is 0 Å². The van der Waals surface area contributed by atoms with Gasteiger partial charge in [-0.25, -0.2) is 0 Å². The summed E-state index contributed by atoms with van der Waals surface area (Å²) in [4.78, 5) is 6.89. The van der Waals surface area contributed by atoms with Gasteiger partial charge in [-0.2, -0.15) is 0 Å². The molecule has 1 aliphatic heterocycles. The van der Waals surface area contributed by atoms with E-state index in [1.165, 1.54) is 11.1 Å². The van der Waals surface area contributed by atoms with Gasteiger partial charge in [0.15, 0.2) is 0 Å². The summed E-state index contributed by atoms with van der Waals surface area (Å²) in [5.74, 6) is 0. The van der Waals surface area contributed by atoms with Crippen LogP contribution in [0.3, 0.4) is 0 Å². The Kier molecular flexibility index (Phi) is 2.71. The third-order valence-electron chi connectivity index (χ3n) is 3.54. The molecule has 1 aromatic carbocycles. The first kappa shape index (κ1) is 11.5. The predicted octanol–water partition coefficient (Wildman–Crippen LogP) is 2.42. The van der Waals surface area contributed by atoms with Gasteiger partial charge in [-0.3, -0.25) is 4.98 Å². The van der Waals surface area contributed by atoms with Crippen LogP contribution in [0.4, 0.5) is 5.69 Å². The van der Waals surface area contributed by atoms with Gasteiger partial charge in [0, 0.05) is 42.4 Å². The van der Waals surface area contributed by atoms with Crippen LogP contribution in [0.1, 0.15) is 13.8 Å². The zero-order valence-corrected chi connectivity index (χ0v) is 11.0. The molecule has 0 aliphatic carbocycles. The Bertz CT molecular complexity index is 557. The van der Waals surface area contributed by atoms with Crippen molar-refractivity contribution in [1.82, 2.24) is 10.3 Å². The fourth-order valence-corrected chi connectivity index (χ4v) is 2.70. The van der Waals surface area contributed by atoms with Gasteiger partial charge in [0.2, 0.25) is 0 Å². The highest BCUT2D eigenvalue weighted by Crippen LogP contribution is 2.27. The maximum atomic E-state index is 4.43. The van der Waals surface area contributed by atoms with E-state index in [9.17, 15) is 0 Å². The lowest BCUT2D eigenvalue weighted by molar-refractivity contribution is 0.353. The maximum absolute atomic E-state index is 4.43. The monoisotopic (exact) mass is 241 g/mol. The van der Waals surface area contributed by atoms with Crippen LogP contribution in [-0.2, 0) is 0 Å². The number of nitrogens with zero attached hydrogens (tertiary/aromatic N) is 2. The number of nitrogens with one attached hydrogen (secondary N) is 1. The second kappa shape index (κ2) is 4.25. The van der Waals surface area contributed by atoms with Crippen molar-refractivity contribution in [3.63, 3.8) is 0 Å². The van der Waals surface area contributed by atoms with Crippen molar-refractivity contribution < 1.29 is 0 Å². The minimum Gasteiger partial charge on any atom is -0.368 e. The zero-order valence-electron chi connectivity index (χ0n) is 11.0. The van der Waals surface area contributed by atoms with Gasteiger partial charge >= 0.3 is 0 Å². The molecule has 18 heavy (non-hydrogen) atoms. The number of benzene rings is 1. The molecule has 0 unspecified atom stereocenters. The lowest BCUT2D eigenvalue weighted by Gasteiger charge is -2.40. The van der Waals surface area contributed by atoms with Gasteiger partial charge in [0.1, 0.15) is 0 Å². The first-order chi connectivity index (χ1) is 8.66. The molecular formula is C15H19N3. The van der Waals surface area contributed by atoms with Crippen molar-refractivity contribution in [3.05, 3.63) is 36.5 Å². The summed E-state index contributed by atoms with van der Waals surface area (Å²) < 4.78 is 0. The van der Waals surface area contributed by atoms with Crippen LogP contribution < -0.4 is 10.2 Å². The number of piperazine rings is 1. The van der Waals surface area contributed by atoms with Crippen molar-refractivity contribution in [2.24, 2.45) is 0 Å². The molecule has 3 rings (SSSR count). The molecule has 1 aromatic heterocycles. The van der Waals surface area contributed by atoms with E-state index in [0.717, 1.165) is 25.2 Å². The third kappa shape index (κ3) is 2.06. The third-order valence-corrected chi connectivity index (χ3v) is 3.54. The highest BCUT2D eigenvalue weighted by Gasteiger charge is 2.26. The predicted molar refractivity (Wildman–Crippen MR) is 76.0 cm³/mol. The number of pyridine rings is 1. The fourth-order valence-electron chi connectivity index (χ4n) is 2.70. The molecule has 2 aromatic rings. The molecule has 3 nitrogen and oxygen atoms in total. The van der Waals surface area contributed by atoms with Crippen LogP contribution in [0.5, 0.6) is 0 Å².